The zero-order valence-corrected chi connectivity index (χ0v) is 7.01. The standard InChI is InChI=1S/C8H18N2/c1-8(2)5-3-4-6-10-7-9/h7-8H,3-6H2,1-2H3,(H2,9,10). The molecule has 0 radical (unpaired) electrons. The van der Waals surface area contributed by atoms with Crippen molar-refractivity contribution in [2.75, 3.05) is 6.54 Å². The van der Waals surface area contributed by atoms with Crippen LogP contribution in [0.2, 0.25) is 0 Å². The summed E-state index contributed by atoms with van der Waals surface area (Å²) in [7, 11) is 0. The molecule has 0 heterocycles. The fourth-order valence-electron chi connectivity index (χ4n) is 0.830. The number of hydrogen-bond donors (Lipinski definition) is 1. The summed E-state index contributed by atoms with van der Waals surface area (Å²) in [4.78, 5) is 3.92. The fourth-order valence-corrected chi connectivity index (χ4v) is 0.830. The quantitative estimate of drug-likeness (QED) is 0.355. The molecular formula is C8H18N2. The van der Waals surface area contributed by atoms with Crippen molar-refractivity contribution in [2.24, 2.45) is 16.6 Å². The summed E-state index contributed by atoms with van der Waals surface area (Å²) in [5, 5.41) is 0. The summed E-state index contributed by atoms with van der Waals surface area (Å²) >= 11 is 0. The van der Waals surface area contributed by atoms with Crippen LogP contribution in [0.1, 0.15) is 33.1 Å². The van der Waals surface area contributed by atoms with E-state index >= 15 is 0 Å². The van der Waals surface area contributed by atoms with Gasteiger partial charge in [-0.05, 0) is 12.3 Å². The van der Waals surface area contributed by atoms with E-state index in [0.717, 1.165) is 12.5 Å². The van der Waals surface area contributed by atoms with Crippen LogP contribution >= 0.6 is 0 Å². The predicted octanol–water partition coefficient (Wildman–Crippen LogP) is 1.80. The molecule has 10 heavy (non-hydrogen) atoms. The molecule has 60 valence electrons. The summed E-state index contributed by atoms with van der Waals surface area (Å²) in [6.45, 7) is 5.38. The number of nitrogens with zero attached hydrogens (tertiary/aromatic N) is 1. The number of rotatable bonds is 5. The van der Waals surface area contributed by atoms with Gasteiger partial charge in [-0.25, -0.2) is 0 Å². The molecule has 0 unspecified atom stereocenters. The van der Waals surface area contributed by atoms with Crippen LogP contribution in [0.25, 0.3) is 0 Å². The average Bonchev–Trinajstić information content (AvgIpc) is 1.87. The second-order valence-corrected chi connectivity index (χ2v) is 2.94. The van der Waals surface area contributed by atoms with E-state index in [2.05, 4.69) is 18.8 Å². The number of unbranched alkanes of at least 4 members (excludes halogenated alkanes) is 1. The van der Waals surface area contributed by atoms with Gasteiger partial charge in [-0.2, -0.15) is 0 Å². The smallest absolute Gasteiger partial charge is 0.0797 e. The van der Waals surface area contributed by atoms with Crippen molar-refractivity contribution in [2.45, 2.75) is 33.1 Å². The lowest BCUT2D eigenvalue weighted by molar-refractivity contribution is 0.542. The van der Waals surface area contributed by atoms with Crippen molar-refractivity contribution in [1.82, 2.24) is 0 Å². The Morgan fingerprint density at radius 3 is 2.60 bits per heavy atom. The third-order valence-electron chi connectivity index (χ3n) is 1.42. The fraction of sp³-hybridized carbons (Fsp3) is 0.875. The maximum absolute atomic E-state index is 5.08. The molecule has 0 spiro atoms. The van der Waals surface area contributed by atoms with Gasteiger partial charge in [-0.15, -0.1) is 0 Å². The van der Waals surface area contributed by atoms with Gasteiger partial charge in [0.1, 0.15) is 0 Å². The van der Waals surface area contributed by atoms with Gasteiger partial charge in [-0.1, -0.05) is 26.7 Å². The van der Waals surface area contributed by atoms with Gasteiger partial charge in [0, 0.05) is 6.54 Å². The monoisotopic (exact) mass is 142 g/mol. The molecule has 0 aliphatic heterocycles. The van der Waals surface area contributed by atoms with Gasteiger partial charge in [-0.3, -0.25) is 4.99 Å². The van der Waals surface area contributed by atoms with Crippen LogP contribution in [0, 0.1) is 5.92 Å². The highest BCUT2D eigenvalue weighted by atomic mass is 14.8. The zero-order chi connectivity index (χ0) is 7.82. The minimum absolute atomic E-state index is 0.821. The first-order valence-corrected chi connectivity index (χ1v) is 3.97. The van der Waals surface area contributed by atoms with Crippen molar-refractivity contribution in [3.63, 3.8) is 0 Å². The van der Waals surface area contributed by atoms with Crippen molar-refractivity contribution in [3.8, 4) is 0 Å². The highest BCUT2D eigenvalue weighted by molar-refractivity contribution is 5.50. The second-order valence-electron chi connectivity index (χ2n) is 2.94. The first kappa shape index (κ1) is 9.47. The summed E-state index contributed by atoms with van der Waals surface area (Å²) in [5.74, 6) is 0.821. The largest absolute Gasteiger partial charge is 0.390 e. The van der Waals surface area contributed by atoms with E-state index in [1.54, 1.807) is 0 Å². The van der Waals surface area contributed by atoms with E-state index in [1.807, 2.05) is 0 Å². The minimum atomic E-state index is 0.821. The Morgan fingerprint density at radius 1 is 1.40 bits per heavy atom. The molecule has 2 nitrogen and oxygen atoms in total. The van der Waals surface area contributed by atoms with E-state index in [9.17, 15) is 0 Å². The molecule has 0 aliphatic carbocycles. The molecule has 0 amide bonds. The van der Waals surface area contributed by atoms with E-state index in [1.165, 1.54) is 25.6 Å². The first-order chi connectivity index (χ1) is 4.77. The number of hydrogen-bond acceptors (Lipinski definition) is 1. The molecule has 0 saturated carbocycles. The van der Waals surface area contributed by atoms with Gasteiger partial charge < -0.3 is 5.73 Å². The van der Waals surface area contributed by atoms with Crippen LogP contribution in [0.4, 0.5) is 0 Å². The molecule has 0 aromatic carbocycles. The molecule has 0 aromatic heterocycles. The molecule has 0 fully saturated rings. The SMILES string of the molecule is CC(C)CCCCN=CN. The van der Waals surface area contributed by atoms with Crippen LogP contribution in [0.3, 0.4) is 0 Å². The molecule has 0 aromatic rings. The molecule has 0 bridgehead atoms. The van der Waals surface area contributed by atoms with Crippen LogP contribution in [0.5, 0.6) is 0 Å². The molecule has 0 atom stereocenters. The lowest BCUT2D eigenvalue weighted by atomic mass is 10.1. The molecule has 0 saturated heterocycles. The van der Waals surface area contributed by atoms with Gasteiger partial charge in [0.2, 0.25) is 0 Å². The summed E-state index contributed by atoms with van der Waals surface area (Å²) < 4.78 is 0. The number of nitrogens with two attached hydrogens (primary N) is 1. The van der Waals surface area contributed by atoms with Crippen LogP contribution in [-0.4, -0.2) is 12.9 Å². The van der Waals surface area contributed by atoms with E-state index in [-0.39, 0.29) is 0 Å². The van der Waals surface area contributed by atoms with Crippen LogP contribution in [-0.2, 0) is 0 Å². The third kappa shape index (κ3) is 7.47. The Bertz CT molecular complexity index is 87.3. The van der Waals surface area contributed by atoms with Crippen LogP contribution in [0.15, 0.2) is 4.99 Å². The summed E-state index contributed by atoms with van der Waals surface area (Å²) in [6.07, 6.45) is 5.14. The van der Waals surface area contributed by atoms with Crippen molar-refractivity contribution < 1.29 is 0 Å². The normalized spacial score (nSPS) is 11.5. The van der Waals surface area contributed by atoms with E-state index in [4.69, 9.17) is 5.73 Å². The first-order valence-electron chi connectivity index (χ1n) is 3.97. The second kappa shape index (κ2) is 6.59. The minimum Gasteiger partial charge on any atom is -0.390 e. The predicted molar refractivity (Wildman–Crippen MR) is 46.2 cm³/mol. The Morgan fingerprint density at radius 2 is 2.10 bits per heavy atom. The van der Waals surface area contributed by atoms with Crippen molar-refractivity contribution >= 4 is 6.34 Å². The zero-order valence-electron chi connectivity index (χ0n) is 7.01. The Kier molecular flexibility index (Phi) is 6.24. The Hall–Kier alpha value is -0.530. The maximum Gasteiger partial charge on any atom is 0.0797 e. The van der Waals surface area contributed by atoms with Crippen molar-refractivity contribution in [1.29, 1.82) is 0 Å². The Balaban J connectivity index is 2.91. The molecule has 0 rings (SSSR count). The van der Waals surface area contributed by atoms with E-state index < -0.39 is 0 Å². The van der Waals surface area contributed by atoms with Crippen molar-refractivity contribution in [3.05, 3.63) is 0 Å². The highest BCUT2D eigenvalue weighted by Crippen LogP contribution is 2.05. The average molecular weight is 142 g/mol. The molecular weight excluding hydrogens is 124 g/mol. The van der Waals surface area contributed by atoms with Gasteiger partial charge in [0.05, 0.1) is 6.34 Å². The van der Waals surface area contributed by atoms with Crippen LogP contribution < -0.4 is 5.73 Å². The lowest BCUT2D eigenvalue weighted by Crippen LogP contribution is -1.92. The summed E-state index contributed by atoms with van der Waals surface area (Å²) in [6, 6.07) is 0. The summed E-state index contributed by atoms with van der Waals surface area (Å²) in [5.41, 5.74) is 5.08. The number of aliphatic imine (C=N–C) groups is 1. The third-order valence-corrected chi connectivity index (χ3v) is 1.42. The maximum atomic E-state index is 5.08. The van der Waals surface area contributed by atoms with Gasteiger partial charge in [0.15, 0.2) is 0 Å². The van der Waals surface area contributed by atoms with E-state index in [0.29, 0.717) is 0 Å². The van der Waals surface area contributed by atoms with Gasteiger partial charge in [0.25, 0.3) is 0 Å². The molecule has 0 aliphatic rings. The topological polar surface area (TPSA) is 38.4 Å². The van der Waals surface area contributed by atoms with Gasteiger partial charge >= 0.3 is 0 Å². The molecule has 2 heteroatoms. The lowest BCUT2D eigenvalue weighted by Gasteiger charge is -2.01. The molecule has 2 N–H and O–H groups in total. The highest BCUT2D eigenvalue weighted by Gasteiger charge is 1.91. The Labute approximate surface area is 63.5 Å².